The highest BCUT2D eigenvalue weighted by Gasteiger charge is 2.27. The molecule has 0 heterocycles. The van der Waals surface area contributed by atoms with Crippen LogP contribution in [0.1, 0.15) is 50.6 Å². The molecule has 0 radical (unpaired) electrons. The molecule has 3 N–H and O–H groups in total. The van der Waals surface area contributed by atoms with Gasteiger partial charge in [-0.25, -0.2) is 8.42 Å². The minimum Gasteiger partial charge on any atom is -0.324 e. The summed E-state index contributed by atoms with van der Waals surface area (Å²) in [5.41, 5.74) is 7.39. The van der Waals surface area contributed by atoms with Crippen molar-refractivity contribution in [2.45, 2.75) is 50.3 Å². The van der Waals surface area contributed by atoms with Gasteiger partial charge in [-0.2, -0.15) is 0 Å². The zero-order chi connectivity index (χ0) is 13.9. The average Bonchev–Trinajstić information content (AvgIpc) is 2.40. The number of sulfonamides is 1. The van der Waals surface area contributed by atoms with Gasteiger partial charge in [0.15, 0.2) is 0 Å². The van der Waals surface area contributed by atoms with E-state index < -0.39 is 10.0 Å². The number of rotatable bonds is 4. The van der Waals surface area contributed by atoms with Crippen LogP contribution in [0.5, 0.6) is 0 Å². The van der Waals surface area contributed by atoms with Crippen LogP contribution in [0.2, 0.25) is 0 Å². The van der Waals surface area contributed by atoms with Crippen molar-refractivity contribution in [3.63, 3.8) is 0 Å². The highest BCUT2D eigenvalue weighted by Crippen LogP contribution is 2.25. The van der Waals surface area contributed by atoms with Crippen LogP contribution < -0.4 is 10.5 Å². The van der Waals surface area contributed by atoms with Crippen LogP contribution in [0, 0.1) is 0 Å². The predicted molar refractivity (Wildman–Crippen MR) is 78.5 cm³/mol. The molecule has 1 aliphatic rings. The van der Waals surface area contributed by atoms with E-state index in [9.17, 15) is 8.42 Å². The number of hydrogen-bond acceptors (Lipinski definition) is 3. The molecule has 0 spiro atoms. The number of nitrogens with one attached hydrogen (secondary N) is 1. The van der Waals surface area contributed by atoms with E-state index >= 15 is 0 Å². The van der Waals surface area contributed by atoms with Crippen molar-refractivity contribution in [3.05, 3.63) is 29.8 Å². The van der Waals surface area contributed by atoms with E-state index in [1.807, 2.05) is 19.1 Å². The van der Waals surface area contributed by atoms with E-state index in [-0.39, 0.29) is 11.3 Å². The Morgan fingerprint density at radius 2 is 1.74 bits per heavy atom. The molecule has 2 rings (SSSR count). The standard InChI is InChI=1S/C14H22N2O2S/c1-11(15)12-7-9-13(10-8-12)16-19(17,18)14-5-3-2-4-6-14/h7-11,14,16H,2-6,15H2,1H3. The topological polar surface area (TPSA) is 72.2 Å². The minimum atomic E-state index is -3.25. The van der Waals surface area contributed by atoms with Gasteiger partial charge >= 0.3 is 0 Å². The van der Waals surface area contributed by atoms with Gasteiger partial charge < -0.3 is 5.73 Å². The van der Waals surface area contributed by atoms with E-state index in [0.717, 1.165) is 37.7 Å². The van der Waals surface area contributed by atoms with E-state index in [1.54, 1.807) is 12.1 Å². The summed E-state index contributed by atoms with van der Waals surface area (Å²) >= 11 is 0. The Bertz CT molecular complexity index is 503. The van der Waals surface area contributed by atoms with Crippen molar-refractivity contribution in [2.75, 3.05) is 4.72 Å². The van der Waals surface area contributed by atoms with Gasteiger partial charge in [0, 0.05) is 11.7 Å². The Morgan fingerprint density at radius 3 is 2.26 bits per heavy atom. The highest BCUT2D eigenvalue weighted by molar-refractivity contribution is 7.93. The Labute approximate surface area is 115 Å². The summed E-state index contributed by atoms with van der Waals surface area (Å²) in [5, 5.41) is -0.241. The van der Waals surface area contributed by atoms with Crippen molar-refractivity contribution in [3.8, 4) is 0 Å². The summed E-state index contributed by atoms with van der Waals surface area (Å²) in [7, 11) is -3.25. The lowest BCUT2D eigenvalue weighted by Crippen LogP contribution is -2.29. The Kier molecular flexibility index (Phi) is 4.47. The molecule has 5 heteroatoms. The van der Waals surface area contributed by atoms with Crippen molar-refractivity contribution in [1.82, 2.24) is 0 Å². The quantitative estimate of drug-likeness (QED) is 0.892. The number of anilines is 1. The lowest BCUT2D eigenvalue weighted by atomic mass is 10.0. The molecule has 0 bridgehead atoms. The van der Waals surface area contributed by atoms with E-state index in [4.69, 9.17) is 5.73 Å². The van der Waals surface area contributed by atoms with Crippen LogP contribution in [0.15, 0.2) is 24.3 Å². The van der Waals surface area contributed by atoms with Crippen LogP contribution in [-0.4, -0.2) is 13.7 Å². The first-order chi connectivity index (χ1) is 8.99. The molecule has 0 saturated heterocycles. The molecule has 1 atom stereocenters. The summed E-state index contributed by atoms with van der Waals surface area (Å²) in [6.45, 7) is 1.90. The molecule has 1 aliphatic carbocycles. The third kappa shape index (κ3) is 3.70. The van der Waals surface area contributed by atoms with Crippen molar-refractivity contribution in [2.24, 2.45) is 5.73 Å². The second kappa shape index (κ2) is 5.92. The maximum Gasteiger partial charge on any atom is 0.235 e. The van der Waals surface area contributed by atoms with E-state index in [1.165, 1.54) is 0 Å². The first-order valence-corrected chi connectivity index (χ1v) is 8.41. The van der Waals surface area contributed by atoms with Crippen molar-refractivity contribution < 1.29 is 8.42 Å². The van der Waals surface area contributed by atoms with Gasteiger partial charge in [-0.1, -0.05) is 31.4 Å². The zero-order valence-corrected chi connectivity index (χ0v) is 12.1. The Hall–Kier alpha value is -1.07. The van der Waals surface area contributed by atoms with Gasteiger partial charge in [-0.3, -0.25) is 4.72 Å². The number of benzene rings is 1. The normalized spacial score (nSPS) is 19.1. The molecule has 106 valence electrons. The minimum absolute atomic E-state index is 0.0380. The molecule has 1 fully saturated rings. The zero-order valence-electron chi connectivity index (χ0n) is 11.3. The van der Waals surface area contributed by atoms with E-state index in [2.05, 4.69) is 4.72 Å². The van der Waals surface area contributed by atoms with Gasteiger partial charge in [0.2, 0.25) is 10.0 Å². The summed E-state index contributed by atoms with van der Waals surface area (Å²) in [4.78, 5) is 0. The summed E-state index contributed by atoms with van der Waals surface area (Å²) in [5.74, 6) is 0. The molecule has 1 aromatic carbocycles. The maximum atomic E-state index is 12.2. The van der Waals surface area contributed by atoms with Crippen LogP contribution in [0.3, 0.4) is 0 Å². The smallest absolute Gasteiger partial charge is 0.235 e. The second-order valence-corrected chi connectivity index (χ2v) is 7.28. The summed E-state index contributed by atoms with van der Waals surface area (Å²) in [6.07, 6.45) is 4.71. The number of hydrogen-bond donors (Lipinski definition) is 2. The summed E-state index contributed by atoms with van der Waals surface area (Å²) < 4.78 is 27.2. The van der Waals surface area contributed by atoms with Crippen LogP contribution in [0.4, 0.5) is 5.69 Å². The molecule has 4 nitrogen and oxygen atoms in total. The maximum absolute atomic E-state index is 12.2. The van der Waals surface area contributed by atoms with E-state index in [0.29, 0.717) is 5.69 Å². The molecular formula is C14H22N2O2S. The highest BCUT2D eigenvalue weighted by atomic mass is 32.2. The first kappa shape index (κ1) is 14.3. The third-order valence-corrected chi connectivity index (χ3v) is 5.56. The lowest BCUT2D eigenvalue weighted by molar-refractivity contribution is 0.486. The molecule has 19 heavy (non-hydrogen) atoms. The van der Waals surface area contributed by atoms with Crippen LogP contribution in [0.25, 0.3) is 0 Å². The molecular weight excluding hydrogens is 260 g/mol. The third-order valence-electron chi connectivity index (χ3n) is 3.69. The van der Waals surface area contributed by atoms with Gasteiger partial charge in [-0.15, -0.1) is 0 Å². The largest absolute Gasteiger partial charge is 0.324 e. The first-order valence-electron chi connectivity index (χ1n) is 6.86. The molecule has 1 saturated carbocycles. The van der Waals surface area contributed by atoms with Crippen molar-refractivity contribution >= 4 is 15.7 Å². The Morgan fingerprint density at radius 1 is 1.16 bits per heavy atom. The van der Waals surface area contributed by atoms with Gasteiger partial charge in [0.25, 0.3) is 0 Å². The molecule has 1 unspecified atom stereocenters. The van der Waals surface area contributed by atoms with Gasteiger partial charge in [0.05, 0.1) is 5.25 Å². The monoisotopic (exact) mass is 282 g/mol. The fraction of sp³-hybridized carbons (Fsp3) is 0.571. The molecule has 0 aromatic heterocycles. The molecule has 1 aromatic rings. The fourth-order valence-electron chi connectivity index (χ4n) is 2.48. The molecule has 0 amide bonds. The van der Waals surface area contributed by atoms with Crippen LogP contribution >= 0.6 is 0 Å². The lowest BCUT2D eigenvalue weighted by Gasteiger charge is -2.22. The van der Waals surface area contributed by atoms with Gasteiger partial charge in [0.1, 0.15) is 0 Å². The summed E-state index contributed by atoms with van der Waals surface area (Å²) in [6, 6.07) is 7.24. The molecule has 0 aliphatic heterocycles. The van der Waals surface area contributed by atoms with Crippen molar-refractivity contribution in [1.29, 1.82) is 0 Å². The second-order valence-electron chi connectivity index (χ2n) is 5.32. The predicted octanol–water partition coefficient (Wildman–Crippen LogP) is 2.78. The number of nitrogens with two attached hydrogens (primary N) is 1. The SMILES string of the molecule is CC(N)c1ccc(NS(=O)(=O)C2CCCCC2)cc1. The van der Waals surface area contributed by atoms with Crippen LogP contribution in [-0.2, 0) is 10.0 Å². The average molecular weight is 282 g/mol. The van der Waals surface area contributed by atoms with Gasteiger partial charge in [-0.05, 0) is 37.5 Å². The Balaban J connectivity index is 2.06. The fourth-order valence-corrected chi connectivity index (χ4v) is 4.06.